The van der Waals surface area contributed by atoms with Crippen LogP contribution in [0.1, 0.15) is 30.9 Å². The summed E-state index contributed by atoms with van der Waals surface area (Å²) in [5.74, 6) is -0.124. The quantitative estimate of drug-likeness (QED) is 0.756. The summed E-state index contributed by atoms with van der Waals surface area (Å²) >= 11 is 1.26. The van der Waals surface area contributed by atoms with E-state index < -0.39 is 5.25 Å². The molecule has 1 amide bonds. The molecule has 1 aromatic heterocycles. The second kappa shape index (κ2) is 8.09. The summed E-state index contributed by atoms with van der Waals surface area (Å²) in [7, 11) is 0. The third-order valence-electron chi connectivity index (χ3n) is 4.42. The standard InChI is InChI=1S/C18H24N4O3S/c1-11-6-7-15(12(2)9-11)19-16(23)13(3)26-18-21-20-17(24)22(18)10-14-5-4-8-25-14/h6-7,9,13-14H,4-5,8,10H2,1-3H3,(H,19,23)(H,20,24). The van der Waals surface area contributed by atoms with Crippen molar-refractivity contribution in [2.75, 3.05) is 11.9 Å². The number of anilines is 1. The number of thioether (sulfide) groups is 1. The van der Waals surface area contributed by atoms with E-state index in [1.807, 2.05) is 32.0 Å². The van der Waals surface area contributed by atoms with Gasteiger partial charge in [0.05, 0.1) is 17.9 Å². The van der Waals surface area contributed by atoms with E-state index in [4.69, 9.17) is 4.74 Å². The number of benzene rings is 1. The topological polar surface area (TPSA) is 89.0 Å². The highest BCUT2D eigenvalue weighted by Gasteiger charge is 2.23. The highest BCUT2D eigenvalue weighted by molar-refractivity contribution is 8.00. The Morgan fingerprint density at radius 2 is 2.31 bits per heavy atom. The van der Waals surface area contributed by atoms with Crippen LogP contribution in [0.15, 0.2) is 28.2 Å². The van der Waals surface area contributed by atoms with Gasteiger partial charge in [-0.1, -0.05) is 29.5 Å². The van der Waals surface area contributed by atoms with Gasteiger partial charge in [0.15, 0.2) is 5.16 Å². The molecule has 0 spiro atoms. The largest absolute Gasteiger partial charge is 0.376 e. The number of carbonyl (C=O) groups is 1. The van der Waals surface area contributed by atoms with E-state index in [9.17, 15) is 9.59 Å². The fourth-order valence-electron chi connectivity index (χ4n) is 2.95. The van der Waals surface area contributed by atoms with Crippen LogP contribution in [0.3, 0.4) is 0 Å². The van der Waals surface area contributed by atoms with Crippen molar-refractivity contribution in [2.24, 2.45) is 0 Å². The van der Waals surface area contributed by atoms with E-state index in [-0.39, 0.29) is 17.7 Å². The van der Waals surface area contributed by atoms with Gasteiger partial charge in [0, 0.05) is 12.3 Å². The molecule has 7 nitrogen and oxygen atoms in total. The lowest BCUT2D eigenvalue weighted by Crippen LogP contribution is -2.27. The lowest BCUT2D eigenvalue weighted by atomic mass is 10.1. The van der Waals surface area contributed by atoms with Gasteiger partial charge < -0.3 is 10.1 Å². The van der Waals surface area contributed by atoms with Crippen LogP contribution in [0.25, 0.3) is 0 Å². The molecule has 0 aliphatic carbocycles. The predicted molar refractivity (Wildman–Crippen MR) is 102 cm³/mol. The number of nitrogens with one attached hydrogen (secondary N) is 2. The summed E-state index contributed by atoms with van der Waals surface area (Å²) in [6.45, 7) is 6.98. The highest BCUT2D eigenvalue weighted by Crippen LogP contribution is 2.24. The predicted octanol–water partition coefficient (Wildman–Crippen LogP) is 2.49. The van der Waals surface area contributed by atoms with Gasteiger partial charge in [-0.25, -0.2) is 9.89 Å². The van der Waals surface area contributed by atoms with Gasteiger partial charge in [0.1, 0.15) is 0 Å². The van der Waals surface area contributed by atoms with E-state index in [1.165, 1.54) is 11.8 Å². The molecule has 26 heavy (non-hydrogen) atoms. The summed E-state index contributed by atoms with van der Waals surface area (Å²) in [5, 5.41) is 9.60. The number of ether oxygens (including phenoxy) is 1. The number of aryl methyl sites for hydroxylation is 2. The Bertz CT molecular complexity index is 839. The van der Waals surface area contributed by atoms with Crippen molar-refractivity contribution in [1.29, 1.82) is 0 Å². The van der Waals surface area contributed by atoms with Crippen molar-refractivity contribution >= 4 is 23.4 Å². The zero-order valence-corrected chi connectivity index (χ0v) is 16.1. The SMILES string of the molecule is Cc1ccc(NC(=O)C(C)Sc2n[nH]c(=O)n2CC2CCCO2)c(C)c1. The second-order valence-corrected chi connectivity index (χ2v) is 7.93. The van der Waals surface area contributed by atoms with Gasteiger partial charge in [-0.3, -0.25) is 9.36 Å². The van der Waals surface area contributed by atoms with Gasteiger partial charge in [0.2, 0.25) is 5.91 Å². The van der Waals surface area contributed by atoms with Crippen LogP contribution in [-0.2, 0) is 16.1 Å². The molecule has 3 rings (SSSR count). The van der Waals surface area contributed by atoms with Gasteiger partial charge >= 0.3 is 5.69 Å². The molecule has 2 heterocycles. The zero-order valence-electron chi connectivity index (χ0n) is 15.2. The maximum atomic E-state index is 12.5. The molecule has 2 N–H and O–H groups in total. The number of hydrogen-bond acceptors (Lipinski definition) is 5. The van der Waals surface area contributed by atoms with Gasteiger partial charge in [-0.2, -0.15) is 0 Å². The minimum atomic E-state index is -0.394. The number of aromatic amines is 1. The Kier molecular flexibility index (Phi) is 5.83. The van der Waals surface area contributed by atoms with Crippen LogP contribution in [-0.4, -0.2) is 38.6 Å². The molecular weight excluding hydrogens is 352 g/mol. The summed E-state index contributed by atoms with van der Waals surface area (Å²) in [5.41, 5.74) is 2.69. The molecule has 2 aromatic rings. The molecule has 8 heteroatoms. The second-order valence-electron chi connectivity index (χ2n) is 6.62. The van der Waals surface area contributed by atoms with Gasteiger partial charge in [0.25, 0.3) is 0 Å². The maximum Gasteiger partial charge on any atom is 0.344 e. The fraction of sp³-hybridized carbons (Fsp3) is 0.500. The highest BCUT2D eigenvalue weighted by atomic mass is 32.2. The van der Waals surface area contributed by atoms with Crippen LogP contribution in [0.2, 0.25) is 0 Å². The van der Waals surface area contributed by atoms with E-state index in [0.29, 0.717) is 11.7 Å². The van der Waals surface area contributed by atoms with Crippen LogP contribution < -0.4 is 11.0 Å². The number of amides is 1. The average Bonchev–Trinajstić information content (AvgIpc) is 3.22. The van der Waals surface area contributed by atoms with E-state index >= 15 is 0 Å². The minimum absolute atomic E-state index is 0.0315. The van der Waals surface area contributed by atoms with Crippen molar-refractivity contribution in [3.63, 3.8) is 0 Å². The average molecular weight is 376 g/mol. The van der Waals surface area contributed by atoms with Crippen LogP contribution in [0.4, 0.5) is 5.69 Å². The monoisotopic (exact) mass is 376 g/mol. The van der Waals surface area contributed by atoms with Crippen LogP contribution >= 0.6 is 11.8 Å². The third kappa shape index (κ3) is 4.37. The van der Waals surface area contributed by atoms with Crippen LogP contribution in [0, 0.1) is 13.8 Å². The maximum absolute atomic E-state index is 12.5. The summed E-state index contributed by atoms with van der Waals surface area (Å²) in [6.07, 6.45) is 1.97. The Morgan fingerprint density at radius 3 is 3.00 bits per heavy atom. The Labute approximate surface area is 156 Å². The molecule has 140 valence electrons. The van der Waals surface area contributed by atoms with Crippen molar-refractivity contribution in [2.45, 2.75) is 56.7 Å². The number of aromatic nitrogens is 3. The first-order valence-electron chi connectivity index (χ1n) is 8.75. The summed E-state index contributed by atoms with van der Waals surface area (Å²) < 4.78 is 7.16. The van der Waals surface area contributed by atoms with Crippen molar-refractivity contribution in [3.8, 4) is 0 Å². The molecule has 0 saturated carbocycles. The molecule has 0 radical (unpaired) electrons. The Hall–Kier alpha value is -2.06. The van der Waals surface area contributed by atoms with Crippen molar-refractivity contribution < 1.29 is 9.53 Å². The number of rotatable bonds is 6. The third-order valence-corrected chi connectivity index (χ3v) is 5.51. The molecule has 1 fully saturated rings. The molecular formula is C18H24N4O3S. The first-order chi connectivity index (χ1) is 12.4. The minimum Gasteiger partial charge on any atom is -0.376 e. The number of carbonyl (C=O) groups excluding carboxylic acids is 1. The molecule has 1 aliphatic heterocycles. The number of hydrogen-bond donors (Lipinski definition) is 2. The lowest BCUT2D eigenvalue weighted by Gasteiger charge is -2.15. The lowest BCUT2D eigenvalue weighted by molar-refractivity contribution is -0.115. The summed E-state index contributed by atoms with van der Waals surface area (Å²) in [4.78, 5) is 24.6. The molecule has 0 bridgehead atoms. The molecule has 2 unspecified atom stereocenters. The fourth-order valence-corrected chi connectivity index (χ4v) is 3.81. The first kappa shape index (κ1) is 18.7. The van der Waals surface area contributed by atoms with Crippen molar-refractivity contribution in [3.05, 3.63) is 39.8 Å². The summed E-state index contributed by atoms with van der Waals surface area (Å²) in [6, 6.07) is 5.90. The smallest absolute Gasteiger partial charge is 0.344 e. The number of H-pyrrole nitrogens is 1. The molecule has 1 aliphatic rings. The van der Waals surface area contributed by atoms with E-state index in [0.717, 1.165) is 36.3 Å². The zero-order chi connectivity index (χ0) is 18.7. The van der Waals surface area contributed by atoms with Gasteiger partial charge in [-0.15, -0.1) is 5.10 Å². The van der Waals surface area contributed by atoms with Crippen LogP contribution in [0.5, 0.6) is 0 Å². The molecule has 2 atom stereocenters. The first-order valence-corrected chi connectivity index (χ1v) is 9.63. The van der Waals surface area contributed by atoms with E-state index in [2.05, 4.69) is 15.5 Å². The normalized spacial score (nSPS) is 18.0. The molecule has 1 aromatic carbocycles. The van der Waals surface area contributed by atoms with Crippen molar-refractivity contribution in [1.82, 2.24) is 14.8 Å². The Balaban J connectivity index is 1.66. The van der Waals surface area contributed by atoms with Gasteiger partial charge in [-0.05, 0) is 45.2 Å². The van der Waals surface area contributed by atoms with E-state index in [1.54, 1.807) is 11.5 Å². The Morgan fingerprint density at radius 1 is 1.50 bits per heavy atom. The number of nitrogens with zero attached hydrogens (tertiary/aromatic N) is 2. The molecule has 1 saturated heterocycles.